The van der Waals surface area contributed by atoms with E-state index in [1.54, 1.807) is 0 Å². The van der Waals surface area contributed by atoms with Gasteiger partial charge in [-0.15, -0.1) is 54.1 Å². The number of nitrogens with zero attached hydrogens (tertiary/aromatic N) is 3. The molecule has 79 heavy (non-hydrogen) atoms. The van der Waals surface area contributed by atoms with Crippen LogP contribution in [0.2, 0.25) is 19.6 Å². The van der Waals surface area contributed by atoms with Gasteiger partial charge in [0.05, 0.1) is 30.5 Å². The normalized spacial score (nSPS) is 12.2. The third kappa shape index (κ3) is 10.8. The number of hydrogen-bond donors (Lipinski definition) is 0. The molecule has 0 spiro atoms. The molecule has 12 aromatic rings. The van der Waals surface area contributed by atoms with Crippen LogP contribution in [0, 0.1) is 12.1 Å². The molecule has 9 aromatic carbocycles. The van der Waals surface area contributed by atoms with Crippen LogP contribution in [-0.4, -0.2) is 22.6 Å². The van der Waals surface area contributed by atoms with Crippen LogP contribution in [0.1, 0.15) is 103 Å². The molecule has 0 fully saturated rings. The average molecular weight is 1230 g/mol. The molecule has 0 saturated heterocycles. The summed E-state index contributed by atoms with van der Waals surface area (Å²) in [6.07, 6.45) is 2.02. The first kappa shape index (κ1) is 55.1. The zero-order chi connectivity index (χ0) is 54.8. The number of imidazole rings is 1. The second-order valence-electron chi connectivity index (χ2n) is 25.0. The van der Waals surface area contributed by atoms with Crippen LogP contribution >= 0.6 is 0 Å². The molecule has 0 bridgehead atoms. The molecule has 0 aliphatic heterocycles. The van der Waals surface area contributed by atoms with E-state index in [0.717, 1.165) is 55.6 Å². The molecule has 0 atom stereocenters. The van der Waals surface area contributed by atoms with Crippen LogP contribution in [0.4, 0.5) is 0 Å². The Labute approximate surface area is 482 Å². The van der Waals surface area contributed by atoms with Crippen LogP contribution in [0.15, 0.2) is 187 Å². The van der Waals surface area contributed by atoms with Gasteiger partial charge >= 0.3 is 0 Å². The Morgan fingerprint density at radius 1 is 0.532 bits per heavy atom. The van der Waals surface area contributed by atoms with Gasteiger partial charge in [0.15, 0.2) is 0 Å². The van der Waals surface area contributed by atoms with Crippen LogP contribution in [0.3, 0.4) is 0 Å². The summed E-state index contributed by atoms with van der Waals surface area (Å²) in [4.78, 5) is 9.93. The van der Waals surface area contributed by atoms with E-state index in [4.69, 9.17) is 9.40 Å². The predicted molar refractivity (Wildman–Crippen MR) is 336 cm³/mol. The van der Waals surface area contributed by atoms with Crippen molar-refractivity contribution in [1.82, 2.24) is 14.5 Å². The molecule has 4 nitrogen and oxygen atoms in total. The maximum absolute atomic E-state index is 6.92. The second kappa shape index (κ2) is 21.4. The topological polar surface area (TPSA) is 43.9 Å². The molecule has 3 heterocycles. The molecular weight excluding hydrogens is 1160 g/mol. The smallest absolute Gasteiger partial charge is 0.121 e. The van der Waals surface area contributed by atoms with Gasteiger partial charge in [-0.25, -0.2) is 0 Å². The minimum atomic E-state index is -1.23. The van der Waals surface area contributed by atoms with Crippen molar-refractivity contribution in [1.29, 1.82) is 0 Å². The molecule has 6 heteroatoms. The molecule has 399 valence electrons. The Hall–Kier alpha value is -7.21. The van der Waals surface area contributed by atoms with Gasteiger partial charge in [-0.3, -0.25) is 4.98 Å². The largest absolute Gasteiger partial charge is 0.501 e. The molecule has 0 aliphatic carbocycles. The van der Waals surface area contributed by atoms with E-state index in [0.29, 0.717) is 0 Å². The molecule has 0 saturated carbocycles. The first-order valence-corrected chi connectivity index (χ1v) is 31.3. The zero-order valence-electron chi connectivity index (χ0n) is 48.1. The van der Waals surface area contributed by atoms with Crippen LogP contribution in [-0.2, 0) is 30.9 Å². The number of fused-ring (bicyclic) bond motifs is 7. The second-order valence-corrected chi connectivity index (χ2v) is 30.0. The summed E-state index contributed by atoms with van der Waals surface area (Å²) in [6.45, 7) is 30.1. The first-order chi connectivity index (χ1) is 37.2. The van der Waals surface area contributed by atoms with Gasteiger partial charge < -0.3 is 14.0 Å². The Kier molecular flexibility index (Phi) is 15.0. The maximum atomic E-state index is 6.92. The Morgan fingerprint density at radius 2 is 1.15 bits per heavy atom. The fourth-order valence-corrected chi connectivity index (χ4v) is 11.9. The summed E-state index contributed by atoms with van der Waals surface area (Å²) in [5.41, 5.74) is 18.1. The third-order valence-corrected chi connectivity index (χ3v) is 17.6. The molecule has 0 unspecified atom stereocenters. The number of hydrogen-bond acceptors (Lipinski definition) is 3. The summed E-state index contributed by atoms with van der Waals surface area (Å²) in [7, 11) is -1.23. The van der Waals surface area contributed by atoms with Crippen molar-refractivity contribution in [2.24, 2.45) is 0 Å². The molecular formula is C73H71IrN3OSi-2. The summed E-state index contributed by atoms with van der Waals surface area (Å²) >= 11 is 0. The van der Waals surface area contributed by atoms with Gasteiger partial charge in [0, 0.05) is 37.4 Å². The van der Waals surface area contributed by atoms with E-state index in [1.807, 2.05) is 36.5 Å². The number of benzene rings is 9. The monoisotopic (exact) mass is 1230 g/mol. The number of rotatable bonds is 8. The summed E-state index contributed by atoms with van der Waals surface area (Å²) in [5.74, 6) is 1.30. The third-order valence-electron chi connectivity index (χ3n) is 15.5. The number of aromatic nitrogens is 3. The van der Waals surface area contributed by atoms with E-state index in [1.165, 1.54) is 76.9 Å². The fraction of sp³-hybridized carbons (Fsp3) is 0.233. The van der Waals surface area contributed by atoms with E-state index in [9.17, 15) is 0 Å². The van der Waals surface area contributed by atoms with Gasteiger partial charge in [-0.2, -0.15) is 0 Å². The molecule has 0 amide bonds. The number of pyridine rings is 1. The standard InChI is InChI=1S/C59H55N2O.C14H16NSi.Ir/c1-35(2)48-31-42(38-24-22-37(23-25-38)41-28-43(58(5,6)7)33-44(29-41)59(8,9)10)32-49(36(3)4)55(48)61-53-21-14-13-20-52(53)60-57(61)47-19-15-18-46-51-30-40-27-26-39-16-11-12-17-45(39)50(40)34-54(51)62-56(46)47;1-16(2,3)13-9-10-14(15-11-13)12-7-5-4-6-8-12;/h11-18,20-36H,1-10H3;4-7,9-11H,1-3H3;/q2*-1;. The van der Waals surface area contributed by atoms with Gasteiger partial charge in [-0.05, 0) is 136 Å². The van der Waals surface area contributed by atoms with Crippen LogP contribution in [0.25, 0.3) is 105 Å². The van der Waals surface area contributed by atoms with Gasteiger partial charge in [0.1, 0.15) is 5.58 Å². The maximum Gasteiger partial charge on any atom is 0.121 e. The SMILES string of the molecule is CC(C)c1cc(-c2ccc(-c3cc(C(C)(C)C)cc(C(C)(C)C)c3)cc2)cc(C(C)C)c1-n1c(-c2[c-]ccc3c2oc2cc4c(ccc5ccccc54)cc23)nc2ccccc21.C[Si](C)(C)c1ccc(-c2[c-]cccc2)nc1.[Ir]. The number of para-hydroxylation sites is 2. The van der Waals surface area contributed by atoms with Crippen molar-refractivity contribution in [2.75, 3.05) is 0 Å². The minimum absolute atomic E-state index is 0. The summed E-state index contributed by atoms with van der Waals surface area (Å²) in [6, 6.07) is 70.4. The van der Waals surface area contributed by atoms with Crippen molar-refractivity contribution in [3.8, 4) is 50.6 Å². The van der Waals surface area contributed by atoms with Crippen molar-refractivity contribution in [2.45, 2.75) is 112 Å². The van der Waals surface area contributed by atoms with E-state index < -0.39 is 8.07 Å². The van der Waals surface area contributed by atoms with E-state index >= 15 is 0 Å². The van der Waals surface area contributed by atoms with E-state index in [2.05, 4.69) is 256 Å². The van der Waals surface area contributed by atoms with Crippen molar-refractivity contribution < 1.29 is 24.5 Å². The van der Waals surface area contributed by atoms with Crippen molar-refractivity contribution >= 4 is 67.8 Å². The van der Waals surface area contributed by atoms with Crippen LogP contribution in [0.5, 0.6) is 0 Å². The summed E-state index contributed by atoms with van der Waals surface area (Å²) in [5, 5.41) is 8.39. The van der Waals surface area contributed by atoms with Crippen molar-refractivity contribution in [3.05, 3.63) is 217 Å². The quantitative estimate of drug-likeness (QED) is 0.0865. The average Bonchev–Trinajstić information content (AvgIpc) is 4.26. The van der Waals surface area contributed by atoms with Gasteiger partial charge in [-0.1, -0.05) is 203 Å². The zero-order valence-corrected chi connectivity index (χ0v) is 51.5. The van der Waals surface area contributed by atoms with Crippen molar-refractivity contribution in [3.63, 3.8) is 0 Å². The Morgan fingerprint density at radius 3 is 1.76 bits per heavy atom. The summed E-state index contributed by atoms with van der Waals surface area (Å²) < 4.78 is 9.31. The molecule has 0 aliphatic rings. The Balaban J connectivity index is 0.000000356. The van der Waals surface area contributed by atoms with Gasteiger partial charge in [0.25, 0.3) is 0 Å². The number of furan rings is 1. The predicted octanol–water partition coefficient (Wildman–Crippen LogP) is 20.0. The van der Waals surface area contributed by atoms with E-state index in [-0.39, 0.29) is 42.8 Å². The minimum Gasteiger partial charge on any atom is -0.501 e. The first-order valence-electron chi connectivity index (χ1n) is 27.8. The molecule has 12 rings (SSSR count). The van der Waals surface area contributed by atoms with Crippen LogP contribution < -0.4 is 5.19 Å². The molecule has 1 radical (unpaired) electrons. The Bertz CT molecular complexity index is 4120. The van der Waals surface area contributed by atoms with Gasteiger partial charge in [0.2, 0.25) is 0 Å². The molecule has 3 aromatic heterocycles. The fourth-order valence-electron chi connectivity index (χ4n) is 10.9. The molecule has 0 N–H and O–H groups in total.